The van der Waals surface area contributed by atoms with Gasteiger partial charge in [-0.3, -0.25) is 4.79 Å². The van der Waals surface area contributed by atoms with Crippen molar-refractivity contribution < 1.29 is 4.79 Å². The molecule has 0 spiro atoms. The first-order valence-electron chi connectivity index (χ1n) is 6.23. The first-order chi connectivity index (χ1) is 7.22. The van der Waals surface area contributed by atoms with Crippen LogP contribution in [0.1, 0.15) is 33.1 Å². The number of carbonyl (C=O) groups is 1. The average molecular weight is 247 g/mol. The van der Waals surface area contributed by atoms with E-state index in [0.29, 0.717) is 12.0 Å². The van der Waals surface area contributed by atoms with Crippen LogP contribution in [-0.4, -0.2) is 25.0 Å². The number of likely N-dealkylation sites (N-methyl/N-ethyl adjacent to an activating group) is 1. The monoisotopic (exact) mass is 246 g/mol. The molecule has 1 amide bonds. The van der Waals surface area contributed by atoms with Gasteiger partial charge in [0.1, 0.15) is 0 Å². The van der Waals surface area contributed by atoms with Crippen molar-refractivity contribution in [2.45, 2.75) is 39.2 Å². The van der Waals surface area contributed by atoms with Crippen LogP contribution >= 0.6 is 12.4 Å². The van der Waals surface area contributed by atoms with E-state index in [0.717, 1.165) is 31.3 Å². The molecule has 4 heteroatoms. The summed E-state index contributed by atoms with van der Waals surface area (Å²) in [5.41, 5.74) is 0. The molecule has 3 nitrogen and oxygen atoms in total. The summed E-state index contributed by atoms with van der Waals surface area (Å²) in [4.78, 5) is 11.7. The highest BCUT2D eigenvalue weighted by Crippen LogP contribution is 2.54. The smallest absolute Gasteiger partial charge is 0.223 e. The van der Waals surface area contributed by atoms with E-state index < -0.39 is 0 Å². The lowest BCUT2D eigenvalue weighted by Gasteiger charge is -2.13. The Hall–Kier alpha value is -0.280. The summed E-state index contributed by atoms with van der Waals surface area (Å²) in [5.74, 6) is 2.27. The highest BCUT2D eigenvalue weighted by molar-refractivity contribution is 5.85. The number of amides is 1. The highest BCUT2D eigenvalue weighted by Gasteiger charge is 2.50. The van der Waals surface area contributed by atoms with E-state index in [4.69, 9.17) is 0 Å². The molecular formula is C12H23ClN2O. The second-order valence-corrected chi connectivity index (χ2v) is 5.05. The van der Waals surface area contributed by atoms with E-state index in [2.05, 4.69) is 24.5 Å². The van der Waals surface area contributed by atoms with Crippen molar-refractivity contribution in [1.82, 2.24) is 10.6 Å². The van der Waals surface area contributed by atoms with Crippen LogP contribution in [0.5, 0.6) is 0 Å². The van der Waals surface area contributed by atoms with Gasteiger partial charge in [0.05, 0.1) is 0 Å². The minimum atomic E-state index is 0. The lowest BCUT2D eigenvalue weighted by Crippen LogP contribution is -2.39. The van der Waals surface area contributed by atoms with Crippen LogP contribution < -0.4 is 10.6 Å². The van der Waals surface area contributed by atoms with Gasteiger partial charge in [-0.2, -0.15) is 0 Å². The van der Waals surface area contributed by atoms with Crippen molar-refractivity contribution in [2.75, 3.05) is 13.1 Å². The van der Waals surface area contributed by atoms with E-state index in [-0.39, 0.29) is 18.3 Å². The van der Waals surface area contributed by atoms with Gasteiger partial charge in [0, 0.05) is 18.5 Å². The fourth-order valence-corrected chi connectivity index (χ4v) is 2.37. The summed E-state index contributed by atoms with van der Waals surface area (Å²) in [5, 5.41) is 6.33. The molecule has 0 heterocycles. The molecule has 0 aromatic rings. The maximum absolute atomic E-state index is 11.7. The Morgan fingerprint density at radius 3 is 2.69 bits per heavy atom. The van der Waals surface area contributed by atoms with Gasteiger partial charge in [0.15, 0.2) is 0 Å². The van der Waals surface area contributed by atoms with Crippen LogP contribution in [0.4, 0.5) is 0 Å². The molecule has 2 fully saturated rings. The normalized spacial score (nSPS) is 29.1. The maximum Gasteiger partial charge on any atom is 0.223 e. The van der Waals surface area contributed by atoms with Gasteiger partial charge >= 0.3 is 0 Å². The van der Waals surface area contributed by atoms with E-state index in [9.17, 15) is 4.79 Å². The third-order valence-corrected chi connectivity index (χ3v) is 3.54. The van der Waals surface area contributed by atoms with Gasteiger partial charge < -0.3 is 10.6 Å². The van der Waals surface area contributed by atoms with E-state index in [1.54, 1.807) is 0 Å². The van der Waals surface area contributed by atoms with Crippen molar-refractivity contribution in [3.05, 3.63) is 0 Å². The number of rotatable bonds is 6. The fourth-order valence-electron chi connectivity index (χ4n) is 2.37. The zero-order valence-corrected chi connectivity index (χ0v) is 11.0. The number of hydrogen-bond donors (Lipinski definition) is 2. The lowest BCUT2D eigenvalue weighted by atomic mass is 10.2. The first-order valence-corrected chi connectivity index (χ1v) is 6.23. The standard InChI is InChI=1S/C12H22N2O.ClH/c1-3-13-8(2)7-14-12(15)11-6-10(11)9-4-5-9;/h8-11,13H,3-7H2,1-2H3,(H,14,15);1H/t8-,10?,11?;/m1./s1. The molecule has 2 unspecified atom stereocenters. The van der Waals surface area contributed by atoms with Crippen LogP contribution in [0.3, 0.4) is 0 Å². The predicted octanol–water partition coefficient (Wildman–Crippen LogP) is 1.57. The Morgan fingerprint density at radius 1 is 1.44 bits per heavy atom. The Bertz CT molecular complexity index is 243. The zero-order chi connectivity index (χ0) is 10.8. The Kier molecular flexibility index (Phi) is 5.06. The van der Waals surface area contributed by atoms with Gasteiger partial charge in [-0.1, -0.05) is 6.92 Å². The molecular weight excluding hydrogens is 224 g/mol. The van der Waals surface area contributed by atoms with Gasteiger partial charge in [-0.15, -0.1) is 12.4 Å². The number of hydrogen-bond acceptors (Lipinski definition) is 2. The molecule has 2 aliphatic rings. The fraction of sp³-hybridized carbons (Fsp3) is 0.917. The molecule has 2 N–H and O–H groups in total. The molecule has 0 bridgehead atoms. The summed E-state index contributed by atoms with van der Waals surface area (Å²) in [6.45, 7) is 5.92. The van der Waals surface area contributed by atoms with Gasteiger partial charge in [0.2, 0.25) is 5.91 Å². The van der Waals surface area contributed by atoms with Crippen molar-refractivity contribution in [3.63, 3.8) is 0 Å². The minimum Gasteiger partial charge on any atom is -0.354 e. The topological polar surface area (TPSA) is 41.1 Å². The van der Waals surface area contributed by atoms with Gasteiger partial charge in [0.25, 0.3) is 0 Å². The predicted molar refractivity (Wildman–Crippen MR) is 67.7 cm³/mol. The van der Waals surface area contributed by atoms with Crippen LogP contribution in [0.2, 0.25) is 0 Å². The molecule has 2 saturated carbocycles. The van der Waals surface area contributed by atoms with E-state index in [1.165, 1.54) is 12.8 Å². The molecule has 0 saturated heterocycles. The number of halogens is 1. The van der Waals surface area contributed by atoms with Gasteiger partial charge in [-0.05, 0) is 44.6 Å². The molecule has 0 aromatic heterocycles. The highest BCUT2D eigenvalue weighted by atomic mass is 35.5. The van der Waals surface area contributed by atoms with E-state index >= 15 is 0 Å². The van der Waals surface area contributed by atoms with Crippen LogP contribution in [0, 0.1) is 17.8 Å². The van der Waals surface area contributed by atoms with Crippen LogP contribution in [0.25, 0.3) is 0 Å². The second kappa shape index (κ2) is 5.87. The number of carbonyl (C=O) groups excluding carboxylic acids is 1. The summed E-state index contributed by atoms with van der Waals surface area (Å²) in [7, 11) is 0. The molecule has 2 rings (SSSR count). The largest absolute Gasteiger partial charge is 0.354 e. The molecule has 0 aromatic carbocycles. The van der Waals surface area contributed by atoms with Gasteiger partial charge in [-0.25, -0.2) is 0 Å². The minimum absolute atomic E-state index is 0. The molecule has 94 valence electrons. The molecule has 3 atom stereocenters. The molecule has 16 heavy (non-hydrogen) atoms. The molecule has 2 aliphatic carbocycles. The third kappa shape index (κ3) is 3.63. The van der Waals surface area contributed by atoms with Crippen molar-refractivity contribution in [3.8, 4) is 0 Å². The van der Waals surface area contributed by atoms with Crippen molar-refractivity contribution in [1.29, 1.82) is 0 Å². The SMILES string of the molecule is CCN[C@H](C)CNC(=O)C1CC1C1CC1.Cl. The summed E-state index contributed by atoms with van der Waals surface area (Å²) < 4.78 is 0. The zero-order valence-electron chi connectivity index (χ0n) is 10.2. The average Bonchev–Trinajstić information content (AvgIpc) is 3.02. The Morgan fingerprint density at radius 2 is 2.12 bits per heavy atom. The molecule has 0 radical (unpaired) electrons. The van der Waals surface area contributed by atoms with Crippen molar-refractivity contribution >= 4 is 18.3 Å². The van der Waals surface area contributed by atoms with Crippen LogP contribution in [0.15, 0.2) is 0 Å². The maximum atomic E-state index is 11.7. The second-order valence-electron chi connectivity index (χ2n) is 5.05. The summed E-state index contributed by atoms with van der Waals surface area (Å²) in [6, 6.07) is 0.386. The molecule has 0 aliphatic heterocycles. The lowest BCUT2D eigenvalue weighted by molar-refractivity contribution is -0.122. The quantitative estimate of drug-likeness (QED) is 0.747. The third-order valence-electron chi connectivity index (χ3n) is 3.54. The summed E-state index contributed by atoms with van der Waals surface area (Å²) in [6.07, 6.45) is 3.87. The first kappa shape index (κ1) is 13.8. The van der Waals surface area contributed by atoms with E-state index in [1.807, 2.05) is 0 Å². The number of nitrogens with one attached hydrogen (secondary N) is 2. The summed E-state index contributed by atoms with van der Waals surface area (Å²) >= 11 is 0. The Labute approximate surface area is 104 Å². The van der Waals surface area contributed by atoms with Crippen LogP contribution in [-0.2, 0) is 4.79 Å². The van der Waals surface area contributed by atoms with Crippen molar-refractivity contribution in [2.24, 2.45) is 17.8 Å². The Balaban J connectivity index is 0.00000128.